The maximum atomic E-state index is 12.1. The summed E-state index contributed by atoms with van der Waals surface area (Å²) in [6.45, 7) is 2.19. The Balaban J connectivity index is 1.78. The average molecular weight is 273 g/mol. The van der Waals surface area contributed by atoms with Crippen LogP contribution in [0.5, 0.6) is 0 Å². The van der Waals surface area contributed by atoms with Crippen LogP contribution in [0.3, 0.4) is 0 Å². The first-order valence-electron chi connectivity index (χ1n) is 7.47. The minimum absolute atomic E-state index is 0.148. The fourth-order valence-corrected chi connectivity index (χ4v) is 3.33. The number of carbonyl (C=O) groups is 1. The molecule has 3 rings (SSSR count). The van der Waals surface area contributed by atoms with Crippen molar-refractivity contribution >= 4 is 11.6 Å². The molecule has 1 amide bonds. The largest absolute Gasteiger partial charge is 0.321 e. The molecule has 1 heterocycles. The monoisotopic (exact) mass is 273 g/mol. The second-order valence-electron chi connectivity index (χ2n) is 6.19. The number of likely N-dealkylation sites (N-methyl/N-ethyl adjacent to an activating group) is 1. The summed E-state index contributed by atoms with van der Waals surface area (Å²) in [5.74, 6) is 0.176. The molecule has 0 radical (unpaired) electrons. The van der Waals surface area contributed by atoms with Gasteiger partial charge in [0.15, 0.2) is 0 Å². The maximum absolute atomic E-state index is 12.1. The van der Waals surface area contributed by atoms with Crippen LogP contribution in [0.15, 0.2) is 24.3 Å². The van der Waals surface area contributed by atoms with E-state index in [4.69, 9.17) is 5.73 Å². The number of benzene rings is 1. The summed E-state index contributed by atoms with van der Waals surface area (Å²) in [5, 5.41) is 0. The highest BCUT2D eigenvalue weighted by Gasteiger charge is 2.31. The van der Waals surface area contributed by atoms with E-state index in [9.17, 15) is 4.79 Å². The third kappa shape index (κ3) is 2.45. The molecule has 1 aliphatic carbocycles. The van der Waals surface area contributed by atoms with Gasteiger partial charge in [0.05, 0.1) is 6.54 Å². The predicted molar refractivity (Wildman–Crippen MR) is 80.6 cm³/mol. The summed E-state index contributed by atoms with van der Waals surface area (Å²) in [7, 11) is 1.98. The van der Waals surface area contributed by atoms with Crippen LogP contribution in [0.4, 0.5) is 5.69 Å². The van der Waals surface area contributed by atoms with Crippen molar-refractivity contribution in [1.29, 1.82) is 0 Å². The minimum atomic E-state index is -0.148. The normalized spacial score (nSPS) is 23.3. The fourth-order valence-electron chi connectivity index (χ4n) is 3.33. The predicted octanol–water partition coefficient (Wildman–Crippen LogP) is 1.69. The molecule has 0 spiro atoms. The Morgan fingerprint density at radius 1 is 1.10 bits per heavy atom. The zero-order valence-electron chi connectivity index (χ0n) is 12.1. The quantitative estimate of drug-likeness (QED) is 0.892. The van der Waals surface area contributed by atoms with E-state index in [2.05, 4.69) is 17.0 Å². The zero-order valence-corrected chi connectivity index (χ0v) is 12.1. The number of hydrogen-bond acceptors (Lipinski definition) is 3. The molecule has 2 N–H and O–H groups in total. The lowest BCUT2D eigenvalue weighted by atomic mass is 9.89. The number of rotatable bonds is 2. The molecule has 1 saturated heterocycles. The lowest BCUT2D eigenvalue weighted by Crippen LogP contribution is -2.48. The summed E-state index contributed by atoms with van der Waals surface area (Å²) in [4.78, 5) is 16.0. The van der Waals surface area contributed by atoms with Crippen LogP contribution >= 0.6 is 0 Å². The third-order valence-electron chi connectivity index (χ3n) is 4.66. The van der Waals surface area contributed by atoms with Gasteiger partial charge in [0, 0.05) is 24.3 Å². The molecule has 108 valence electrons. The van der Waals surface area contributed by atoms with Crippen LogP contribution in [0.25, 0.3) is 0 Å². The summed E-state index contributed by atoms with van der Waals surface area (Å²) in [6, 6.07) is 8.30. The summed E-state index contributed by atoms with van der Waals surface area (Å²) in [5.41, 5.74) is 8.52. The molecule has 2 aliphatic rings. The molecular weight excluding hydrogens is 250 g/mol. The van der Waals surface area contributed by atoms with Gasteiger partial charge in [-0.25, -0.2) is 0 Å². The first kappa shape index (κ1) is 13.6. The number of hydrogen-bond donors (Lipinski definition) is 1. The van der Waals surface area contributed by atoms with E-state index in [0.29, 0.717) is 6.54 Å². The van der Waals surface area contributed by atoms with Gasteiger partial charge >= 0.3 is 0 Å². The van der Waals surface area contributed by atoms with Crippen molar-refractivity contribution in [2.24, 2.45) is 5.73 Å². The third-order valence-corrected chi connectivity index (χ3v) is 4.66. The molecular formula is C16H23N3O. The van der Waals surface area contributed by atoms with Crippen LogP contribution in [-0.4, -0.2) is 37.5 Å². The fraction of sp³-hybridized carbons (Fsp3) is 0.562. The molecule has 0 aromatic heterocycles. The minimum Gasteiger partial charge on any atom is -0.321 e. The average Bonchev–Trinajstić information content (AvgIpc) is 2.87. The highest BCUT2D eigenvalue weighted by molar-refractivity contribution is 5.95. The van der Waals surface area contributed by atoms with Gasteiger partial charge in [-0.05, 0) is 37.6 Å². The van der Waals surface area contributed by atoms with Gasteiger partial charge in [-0.15, -0.1) is 0 Å². The Morgan fingerprint density at radius 2 is 1.75 bits per heavy atom. The van der Waals surface area contributed by atoms with Crippen LogP contribution in [0.2, 0.25) is 0 Å². The van der Waals surface area contributed by atoms with Crippen LogP contribution in [-0.2, 0) is 10.3 Å². The summed E-state index contributed by atoms with van der Waals surface area (Å²) < 4.78 is 0. The van der Waals surface area contributed by atoms with Crippen molar-refractivity contribution in [3.05, 3.63) is 29.8 Å². The van der Waals surface area contributed by atoms with Gasteiger partial charge in [0.2, 0.25) is 5.91 Å². The smallest absolute Gasteiger partial charge is 0.241 e. The maximum Gasteiger partial charge on any atom is 0.241 e. The molecule has 1 saturated carbocycles. The van der Waals surface area contributed by atoms with Crippen LogP contribution < -0.4 is 10.6 Å². The van der Waals surface area contributed by atoms with Crippen LogP contribution in [0.1, 0.15) is 31.2 Å². The summed E-state index contributed by atoms with van der Waals surface area (Å²) >= 11 is 0. The zero-order chi connectivity index (χ0) is 14.2. The highest BCUT2D eigenvalue weighted by Crippen LogP contribution is 2.36. The van der Waals surface area contributed by atoms with Gasteiger partial charge in [-0.2, -0.15) is 0 Å². The Hall–Kier alpha value is -1.39. The van der Waals surface area contributed by atoms with Gasteiger partial charge in [0.25, 0.3) is 0 Å². The standard InChI is InChI=1S/C16H23N3O/c1-18-10-11-19(15(20)12-18)14-6-4-13(5-7-14)16(17)8-2-3-9-16/h4-7H,2-3,8-12,17H2,1H3. The molecule has 1 aromatic rings. The Morgan fingerprint density at radius 3 is 2.35 bits per heavy atom. The molecule has 0 bridgehead atoms. The highest BCUT2D eigenvalue weighted by atomic mass is 16.2. The SMILES string of the molecule is CN1CCN(c2ccc(C3(N)CCCC3)cc2)C(=O)C1. The second-order valence-corrected chi connectivity index (χ2v) is 6.19. The molecule has 1 aromatic carbocycles. The number of nitrogens with zero attached hydrogens (tertiary/aromatic N) is 2. The second kappa shape index (κ2) is 5.19. The molecule has 20 heavy (non-hydrogen) atoms. The van der Waals surface area contributed by atoms with Crippen molar-refractivity contribution in [3.8, 4) is 0 Å². The van der Waals surface area contributed by atoms with E-state index in [1.54, 1.807) is 0 Å². The topological polar surface area (TPSA) is 49.6 Å². The van der Waals surface area contributed by atoms with Crippen molar-refractivity contribution in [1.82, 2.24) is 4.90 Å². The van der Waals surface area contributed by atoms with Gasteiger partial charge in [-0.1, -0.05) is 25.0 Å². The Bertz CT molecular complexity index is 491. The van der Waals surface area contributed by atoms with Gasteiger partial charge in [0.1, 0.15) is 0 Å². The van der Waals surface area contributed by atoms with Crippen molar-refractivity contribution < 1.29 is 4.79 Å². The summed E-state index contributed by atoms with van der Waals surface area (Å²) in [6.07, 6.45) is 4.57. The van der Waals surface area contributed by atoms with Crippen molar-refractivity contribution in [3.63, 3.8) is 0 Å². The van der Waals surface area contributed by atoms with E-state index >= 15 is 0 Å². The lowest BCUT2D eigenvalue weighted by Gasteiger charge is -2.32. The number of anilines is 1. The van der Waals surface area contributed by atoms with E-state index in [-0.39, 0.29) is 11.4 Å². The lowest BCUT2D eigenvalue weighted by molar-refractivity contribution is -0.120. The van der Waals surface area contributed by atoms with E-state index < -0.39 is 0 Å². The van der Waals surface area contributed by atoms with E-state index in [0.717, 1.165) is 31.6 Å². The van der Waals surface area contributed by atoms with Gasteiger partial charge < -0.3 is 10.6 Å². The first-order chi connectivity index (χ1) is 9.58. The van der Waals surface area contributed by atoms with Gasteiger partial charge in [-0.3, -0.25) is 9.69 Å². The first-order valence-corrected chi connectivity index (χ1v) is 7.47. The van der Waals surface area contributed by atoms with Crippen molar-refractivity contribution in [2.75, 3.05) is 31.6 Å². The number of amides is 1. The molecule has 0 atom stereocenters. The van der Waals surface area contributed by atoms with E-state index in [1.807, 2.05) is 24.1 Å². The van der Waals surface area contributed by atoms with E-state index in [1.165, 1.54) is 18.4 Å². The molecule has 1 aliphatic heterocycles. The molecule has 2 fully saturated rings. The number of carbonyl (C=O) groups excluding carboxylic acids is 1. The number of piperazine rings is 1. The Kier molecular flexibility index (Phi) is 3.52. The van der Waals surface area contributed by atoms with Crippen molar-refractivity contribution in [2.45, 2.75) is 31.2 Å². The molecule has 4 nitrogen and oxygen atoms in total. The molecule has 4 heteroatoms. The molecule has 0 unspecified atom stereocenters. The van der Waals surface area contributed by atoms with Crippen LogP contribution in [0, 0.1) is 0 Å². The number of nitrogens with two attached hydrogens (primary N) is 1. The Labute approximate surface area is 120 Å².